The molecule has 0 atom stereocenters. The third-order valence-corrected chi connectivity index (χ3v) is 4.92. The van der Waals surface area contributed by atoms with E-state index in [9.17, 15) is 0 Å². The second-order valence-electron chi connectivity index (χ2n) is 6.01. The average Bonchev–Trinajstić information content (AvgIpc) is 2.43. The third-order valence-electron chi connectivity index (χ3n) is 4.92. The molecule has 0 unspecified atom stereocenters. The van der Waals surface area contributed by atoms with E-state index in [2.05, 4.69) is 31.0 Å². The molecule has 2 heteroatoms. The zero-order valence-corrected chi connectivity index (χ0v) is 12.9. The number of likely N-dealkylation sites (tertiary alicyclic amines) is 1. The normalized spacial score (nSPS) is 20.2. The van der Waals surface area contributed by atoms with Crippen LogP contribution in [0, 0.1) is 5.41 Å². The van der Waals surface area contributed by atoms with Gasteiger partial charge in [-0.25, -0.2) is 0 Å². The molecule has 1 aliphatic heterocycles. The van der Waals surface area contributed by atoms with Crippen LogP contribution in [0.5, 0.6) is 0 Å². The number of hydrogen-bond acceptors (Lipinski definition) is 2. The minimum absolute atomic E-state index is 0.680. The number of rotatable bonds is 9. The highest BCUT2D eigenvalue weighted by atomic mass is 15.1. The molecule has 0 aromatic heterocycles. The van der Waals surface area contributed by atoms with Crippen LogP contribution in [0.15, 0.2) is 0 Å². The van der Waals surface area contributed by atoms with E-state index in [-0.39, 0.29) is 0 Å². The van der Waals surface area contributed by atoms with Gasteiger partial charge in [0.2, 0.25) is 0 Å². The predicted molar refractivity (Wildman–Crippen MR) is 81.1 cm³/mol. The van der Waals surface area contributed by atoms with Crippen molar-refractivity contribution in [1.82, 2.24) is 10.2 Å². The van der Waals surface area contributed by atoms with Crippen molar-refractivity contribution in [3.8, 4) is 0 Å². The molecule has 0 aromatic rings. The van der Waals surface area contributed by atoms with Crippen LogP contribution in [-0.4, -0.2) is 37.6 Å². The Labute approximate surface area is 115 Å². The Kier molecular flexibility index (Phi) is 7.92. The number of nitrogens with zero attached hydrogens (tertiary/aromatic N) is 1. The molecule has 18 heavy (non-hydrogen) atoms. The maximum atomic E-state index is 3.49. The van der Waals surface area contributed by atoms with Gasteiger partial charge in [0.25, 0.3) is 0 Å². The Bertz CT molecular complexity index is 189. The minimum atomic E-state index is 0.680. The molecule has 1 fully saturated rings. The van der Waals surface area contributed by atoms with Gasteiger partial charge in [0.1, 0.15) is 0 Å². The molecule has 108 valence electrons. The lowest BCUT2D eigenvalue weighted by molar-refractivity contribution is 0.0944. The highest BCUT2D eigenvalue weighted by Crippen LogP contribution is 2.37. The van der Waals surface area contributed by atoms with Crippen LogP contribution in [-0.2, 0) is 0 Å². The fraction of sp³-hybridized carbons (Fsp3) is 1.00. The van der Waals surface area contributed by atoms with Gasteiger partial charge in [0.15, 0.2) is 0 Å². The summed E-state index contributed by atoms with van der Waals surface area (Å²) in [5, 5.41) is 3.49. The predicted octanol–water partition coefficient (Wildman–Crippen LogP) is 3.67. The summed E-state index contributed by atoms with van der Waals surface area (Å²) in [6, 6.07) is 0. The van der Waals surface area contributed by atoms with Crippen LogP contribution in [0.4, 0.5) is 0 Å². The van der Waals surface area contributed by atoms with Gasteiger partial charge in [-0.2, -0.15) is 0 Å². The molecule has 2 nitrogen and oxygen atoms in total. The molecule has 0 radical (unpaired) electrons. The molecule has 1 N–H and O–H groups in total. The molecule has 0 aromatic carbocycles. The van der Waals surface area contributed by atoms with Gasteiger partial charge in [-0.05, 0) is 70.2 Å². The van der Waals surface area contributed by atoms with Crippen LogP contribution >= 0.6 is 0 Å². The van der Waals surface area contributed by atoms with E-state index >= 15 is 0 Å². The summed E-state index contributed by atoms with van der Waals surface area (Å²) in [6.07, 6.45) is 9.55. The summed E-state index contributed by atoms with van der Waals surface area (Å²) in [6.45, 7) is 13.4. The Morgan fingerprint density at radius 1 is 0.944 bits per heavy atom. The van der Waals surface area contributed by atoms with E-state index < -0.39 is 0 Å². The third kappa shape index (κ3) is 5.27. The first-order valence-electron chi connectivity index (χ1n) is 8.19. The fourth-order valence-corrected chi connectivity index (χ4v) is 3.10. The molecule has 0 bridgehead atoms. The Morgan fingerprint density at radius 3 is 2.17 bits per heavy atom. The van der Waals surface area contributed by atoms with Gasteiger partial charge in [-0.1, -0.05) is 33.6 Å². The van der Waals surface area contributed by atoms with Gasteiger partial charge in [0.05, 0.1) is 0 Å². The molecule has 0 saturated carbocycles. The SMILES string of the molecule is CCCNCCCCN1CCC(CC)(CC)CC1. The lowest BCUT2D eigenvalue weighted by atomic mass is 9.74. The second-order valence-corrected chi connectivity index (χ2v) is 6.01. The number of piperidine rings is 1. The van der Waals surface area contributed by atoms with E-state index in [1.54, 1.807) is 0 Å². The summed E-state index contributed by atoms with van der Waals surface area (Å²) >= 11 is 0. The topological polar surface area (TPSA) is 15.3 Å². The number of hydrogen-bond donors (Lipinski definition) is 1. The van der Waals surface area contributed by atoms with Crippen LogP contribution in [0.3, 0.4) is 0 Å². The summed E-state index contributed by atoms with van der Waals surface area (Å²) in [5.41, 5.74) is 0.680. The van der Waals surface area contributed by atoms with E-state index in [0.717, 1.165) is 0 Å². The van der Waals surface area contributed by atoms with Crippen molar-refractivity contribution in [2.75, 3.05) is 32.7 Å². The lowest BCUT2D eigenvalue weighted by Crippen LogP contribution is -2.40. The number of unbranched alkanes of at least 4 members (excludes halogenated alkanes) is 1. The van der Waals surface area contributed by atoms with Crippen molar-refractivity contribution in [2.24, 2.45) is 5.41 Å². The highest BCUT2D eigenvalue weighted by Gasteiger charge is 2.30. The summed E-state index contributed by atoms with van der Waals surface area (Å²) in [7, 11) is 0. The largest absolute Gasteiger partial charge is 0.317 e. The monoisotopic (exact) mass is 254 g/mol. The minimum Gasteiger partial charge on any atom is -0.317 e. The molecule has 1 heterocycles. The van der Waals surface area contributed by atoms with Crippen molar-refractivity contribution < 1.29 is 0 Å². The van der Waals surface area contributed by atoms with Gasteiger partial charge in [0, 0.05) is 0 Å². The van der Waals surface area contributed by atoms with Crippen molar-refractivity contribution in [3.05, 3.63) is 0 Å². The van der Waals surface area contributed by atoms with Crippen LogP contribution in [0.1, 0.15) is 65.7 Å². The van der Waals surface area contributed by atoms with Crippen molar-refractivity contribution in [3.63, 3.8) is 0 Å². The Balaban J connectivity index is 2.05. The number of nitrogens with one attached hydrogen (secondary N) is 1. The van der Waals surface area contributed by atoms with Gasteiger partial charge in [-0.3, -0.25) is 0 Å². The van der Waals surface area contributed by atoms with Gasteiger partial charge < -0.3 is 10.2 Å². The molecule has 0 spiro atoms. The summed E-state index contributed by atoms with van der Waals surface area (Å²) in [4.78, 5) is 2.68. The Morgan fingerprint density at radius 2 is 1.61 bits per heavy atom. The molecular weight excluding hydrogens is 220 g/mol. The van der Waals surface area contributed by atoms with E-state index in [4.69, 9.17) is 0 Å². The van der Waals surface area contributed by atoms with Crippen molar-refractivity contribution in [2.45, 2.75) is 65.7 Å². The maximum absolute atomic E-state index is 3.49. The zero-order chi connectivity index (χ0) is 13.3. The van der Waals surface area contributed by atoms with Crippen LogP contribution in [0.2, 0.25) is 0 Å². The fourth-order valence-electron chi connectivity index (χ4n) is 3.10. The smallest absolute Gasteiger partial charge is 0.00134 e. The quantitative estimate of drug-likeness (QED) is 0.632. The first kappa shape index (κ1) is 16.0. The Hall–Kier alpha value is -0.0800. The van der Waals surface area contributed by atoms with E-state index in [1.807, 2.05) is 0 Å². The van der Waals surface area contributed by atoms with Gasteiger partial charge >= 0.3 is 0 Å². The molecular formula is C16H34N2. The van der Waals surface area contributed by atoms with E-state index in [0.29, 0.717) is 5.41 Å². The molecule has 0 amide bonds. The maximum Gasteiger partial charge on any atom is -0.00134 e. The van der Waals surface area contributed by atoms with E-state index in [1.165, 1.54) is 77.7 Å². The second kappa shape index (κ2) is 8.92. The van der Waals surface area contributed by atoms with Crippen molar-refractivity contribution in [1.29, 1.82) is 0 Å². The summed E-state index contributed by atoms with van der Waals surface area (Å²) in [5.74, 6) is 0. The first-order valence-corrected chi connectivity index (χ1v) is 8.19. The van der Waals surface area contributed by atoms with Crippen LogP contribution < -0.4 is 5.32 Å². The van der Waals surface area contributed by atoms with Crippen LogP contribution in [0.25, 0.3) is 0 Å². The zero-order valence-electron chi connectivity index (χ0n) is 12.9. The first-order chi connectivity index (χ1) is 8.76. The summed E-state index contributed by atoms with van der Waals surface area (Å²) < 4.78 is 0. The average molecular weight is 254 g/mol. The van der Waals surface area contributed by atoms with Crippen molar-refractivity contribution >= 4 is 0 Å². The standard InChI is InChI=1S/C16H34N2/c1-4-11-17-12-7-8-13-18-14-9-16(5-2,6-3)10-15-18/h17H,4-15H2,1-3H3. The highest BCUT2D eigenvalue weighted by molar-refractivity contribution is 4.83. The van der Waals surface area contributed by atoms with Gasteiger partial charge in [-0.15, -0.1) is 0 Å². The molecule has 1 rings (SSSR count). The lowest BCUT2D eigenvalue weighted by Gasteiger charge is -2.41. The molecule has 0 aliphatic carbocycles. The molecule has 1 saturated heterocycles. The molecule has 1 aliphatic rings.